The largest absolute Gasteiger partial charge is 0.481 e. The SMILES string of the molecule is CNC(=O)c1ccc([C@H]2CCCCN2Cc2ccc(OC)nc2)n1C. The van der Waals surface area contributed by atoms with Crippen molar-refractivity contribution >= 4 is 5.91 Å². The Morgan fingerprint density at radius 2 is 2.16 bits per heavy atom. The van der Waals surface area contributed by atoms with E-state index in [0.717, 1.165) is 19.5 Å². The molecule has 1 N–H and O–H groups in total. The van der Waals surface area contributed by atoms with Crippen LogP contribution in [-0.2, 0) is 13.6 Å². The van der Waals surface area contributed by atoms with Gasteiger partial charge in [-0.15, -0.1) is 0 Å². The van der Waals surface area contributed by atoms with Crippen molar-refractivity contribution in [3.8, 4) is 5.88 Å². The van der Waals surface area contributed by atoms with Gasteiger partial charge in [0.15, 0.2) is 0 Å². The molecule has 0 saturated carbocycles. The number of likely N-dealkylation sites (tertiary alicyclic amines) is 1. The maximum atomic E-state index is 12.0. The quantitative estimate of drug-likeness (QED) is 0.907. The standard InChI is InChI=1S/C19H26N4O2/c1-20-19(24)17-9-8-15(22(17)2)16-6-4-5-11-23(16)13-14-7-10-18(25-3)21-12-14/h7-10,12,16H,4-6,11,13H2,1-3H3,(H,20,24)/t16-/m1/s1. The molecule has 2 aromatic heterocycles. The maximum absolute atomic E-state index is 12.0. The fourth-order valence-corrected chi connectivity index (χ4v) is 3.59. The van der Waals surface area contributed by atoms with Crippen LogP contribution in [0.4, 0.5) is 0 Å². The van der Waals surface area contributed by atoms with E-state index in [2.05, 4.69) is 27.3 Å². The van der Waals surface area contributed by atoms with E-state index in [1.165, 1.54) is 24.1 Å². The first kappa shape index (κ1) is 17.5. The van der Waals surface area contributed by atoms with Gasteiger partial charge in [0.05, 0.1) is 13.2 Å². The predicted octanol–water partition coefficient (Wildman–Crippen LogP) is 2.52. The van der Waals surface area contributed by atoms with E-state index in [0.29, 0.717) is 17.6 Å². The summed E-state index contributed by atoms with van der Waals surface area (Å²) >= 11 is 0. The number of piperidine rings is 1. The van der Waals surface area contributed by atoms with Crippen molar-refractivity contribution in [2.75, 3.05) is 20.7 Å². The Hall–Kier alpha value is -2.34. The third kappa shape index (κ3) is 3.69. The van der Waals surface area contributed by atoms with Gasteiger partial charge in [0.25, 0.3) is 5.91 Å². The smallest absolute Gasteiger partial charge is 0.267 e. The third-order valence-corrected chi connectivity index (χ3v) is 4.97. The van der Waals surface area contributed by atoms with E-state index in [-0.39, 0.29) is 5.91 Å². The Kier molecular flexibility index (Phi) is 5.38. The lowest BCUT2D eigenvalue weighted by atomic mass is 9.98. The molecule has 0 aromatic carbocycles. The fourth-order valence-electron chi connectivity index (χ4n) is 3.59. The maximum Gasteiger partial charge on any atom is 0.267 e. The summed E-state index contributed by atoms with van der Waals surface area (Å²) < 4.78 is 7.16. The molecule has 2 aromatic rings. The van der Waals surface area contributed by atoms with Gasteiger partial charge >= 0.3 is 0 Å². The van der Waals surface area contributed by atoms with Crippen molar-refractivity contribution in [3.05, 3.63) is 47.4 Å². The number of nitrogens with one attached hydrogen (secondary N) is 1. The molecule has 1 fully saturated rings. The Balaban J connectivity index is 1.81. The number of hydrogen-bond donors (Lipinski definition) is 1. The van der Waals surface area contributed by atoms with E-state index in [9.17, 15) is 4.79 Å². The zero-order valence-corrected chi connectivity index (χ0v) is 15.2. The lowest BCUT2D eigenvalue weighted by Gasteiger charge is -2.36. The molecule has 0 radical (unpaired) electrons. The first-order chi connectivity index (χ1) is 12.1. The molecule has 1 aliphatic rings. The second-order valence-electron chi connectivity index (χ2n) is 6.47. The summed E-state index contributed by atoms with van der Waals surface area (Å²) in [4.78, 5) is 18.8. The van der Waals surface area contributed by atoms with Gasteiger partial charge in [0.2, 0.25) is 5.88 Å². The summed E-state index contributed by atoms with van der Waals surface area (Å²) in [6.07, 6.45) is 5.40. The predicted molar refractivity (Wildman–Crippen MR) is 96.6 cm³/mol. The highest BCUT2D eigenvalue weighted by Crippen LogP contribution is 2.33. The van der Waals surface area contributed by atoms with Crippen molar-refractivity contribution in [1.82, 2.24) is 19.8 Å². The number of carbonyl (C=O) groups is 1. The first-order valence-electron chi connectivity index (χ1n) is 8.74. The summed E-state index contributed by atoms with van der Waals surface area (Å²) in [6, 6.07) is 8.29. The zero-order chi connectivity index (χ0) is 17.8. The molecule has 134 valence electrons. The van der Waals surface area contributed by atoms with Crippen LogP contribution in [-0.4, -0.2) is 41.1 Å². The van der Waals surface area contributed by atoms with Crippen molar-refractivity contribution in [2.24, 2.45) is 7.05 Å². The van der Waals surface area contributed by atoms with Gasteiger partial charge in [-0.2, -0.15) is 0 Å². The number of hydrogen-bond acceptors (Lipinski definition) is 4. The Morgan fingerprint density at radius 3 is 2.84 bits per heavy atom. The minimum Gasteiger partial charge on any atom is -0.481 e. The van der Waals surface area contributed by atoms with E-state index in [4.69, 9.17) is 4.74 Å². The molecule has 1 saturated heterocycles. The molecule has 3 heterocycles. The average Bonchev–Trinajstić information content (AvgIpc) is 3.03. The lowest BCUT2D eigenvalue weighted by molar-refractivity contribution is 0.0952. The molecule has 0 aliphatic carbocycles. The summed E-state index contributed by atoms with van der Waals surface area (Å²) in [5.41, 5.74) is 3.07. The van der Waals surface area contributed by atoms with Crippen LogP contribution in [0.15, 0.2) is 30.5 Å². The molecule has 0 spiro atoms. The number of pyridine rings is 1. The van der Waals surface area contributed by atoms with Crippen LogP contribution in [0.2, 0.25) is 0 Å². The number of amides is 1. The lowest BCUT2D eigenvalue weighted by Crippen LogP contribution is -2.34. The van der Waals surface area contributed by atoms with E-state index >= 15 is 0 Å². The van der Waals surface area contributed by atoms with Gasteiger partial charge in [-0.25, -0.2) is 4.98 Å². The fraction of sp³-hybridized carbons (Fsp3) is 0.474. The summed E-state index contributed by atoms with van der Waals surface area (Å²) in [7, 11) is 5.27. The molecule has 6 heteroatoms. The number of methoxy groups -OCH3 is 1. The Labute approximate surface area is 148 Å². The molecule has 0 bridgehead atoms. The second-order valence-corrected chi connectivity index (χ2v) is 6.47. The van der Waals surface area contributed by atoms with Gasteiger partial charge < -0.3 is 14.6 Å². The van der Waals surface area contributed by atoms with Crippen LogP contribution in [0, 0.1) is 0 Å². The summed E-state index contributed by atoms with van der Waals surface area (Å²) in [5.74, 6) is 0.590. The summed E-state index contributed by atoms with van der Waals surface area (Å²) in [5, 5.41) is 2.71. The van der Waals surface area contributed by atoms with Crippen molar-refractivity contribution in [2.45, 2.75) is 31.8 Å². The van der Waals surface area contributed by atoms with Crippen molar-refractivity contribution < 1.29 is 9.53 Å². The average molecular weight is 342 g/mol. The van der Waals surface area contributed by atoms with Crippen LogP contribution in [0.3, 0.4) is 0 Å². The van der Waals surface area contributed by atoms with Gasteiger partial charge in [-0.1, -0.05) is 12.5 Å². The molecule has 1 atom stereocenters. The van der Waals surface area contributed by atoms with Crippen molar-refractivity contribution in [3.63, 3.8) is 0 Å². The number of ether oxygens (including phenoxy) is 1. The number of nitrogens with zero attached hydrogens (tertiary/aromatic N) is 3. The highest BCUT2D eigenvalue weighted by Gasteiger charge is 2.27. The Bertz CT molecular complexity index is 724. The highest BCUT2D eigenvalue weighted by molar-refractivity contribution is 5.92. The molecule has 25 heavy (non-hydrogen) atoms. The van der Waals surface area contributed by atoms with Crippen LogP contribution < -0.4 is 10.1 Å². The number of aromatic nitrogens is 2. The topological polar surface area (TPSA) is 59.4 Å². The minimum atomic E-state index is -0.0459. The Morgan fingerprint density at radius 1 is 1.32 bits per heavy atom. The molecule has 6 nitrogen and oxygen atoms in total. The normalized spacial score (nSPS) is 18.1. The van der Waals surface area contributed by atoms with Crippen LogP contribution in [0.25, 0.3) is 0 Å². The summed E-state index contributed by atoms with van der Waals surface area (Å²) in [6.45, 7) is 1.90. The van der Waals surface area contributed by atoms with Crippen LogP contribution in [0.1, 0.15) is 47.1 Å². The molecule has 0 unspecified atom stereocenters. The van der Waals surface area contributed by atoms with Gasteiger partial charge in [0, 0.05) is 38.6 Å². The van der Waals surface area contributed by atoms with E-state index in [1.54, 1.807) is 14.2 Å². The first-order valence-corrected chi connectivity index (χ1v) is 8.74. The van der Waals surface area contributed by atoms with Crippen molar-refractivity contribution in [1.29, 1.82) is 0 Å². The third-order valence-electron chi connectivity index (χ3n) is 4.97. The van der Waals surface area contributed by atoms with Gasteiger partial charge in [-0.05, 0) is 37.1 Å². The van der Waals surface area contributed by atoms with Crippen LogP contribution >= 0.6 is 0 Å². The molecule has 3 rings (SSSR count). The van der Waals surface area contributed by atoms with E-state index < -0.39 is 0 Å². The second kappa shape index (κ2) is 7.70. The minimum absolute atomic E-state index is 0.0459. The highest BCUT2D eigenvalue weighted by atomic mass is 16.5. The van der Waals surface area contributed by atoms with E-state index in [1.807, 2.05) is 29.9 Å². The molecular weight excluding hydrogens is 316 g/mol. The molecule has 1 aliphatic heterocycles. The van der Waals surface area contributed by atoms with Gasteiger partial charge in [0.1, 0.15) is 5.69 Å². The number of carbonyl (C=O) groups excluding carboxylic acids is 1. The molecular formula is C19H26N4O2. The monoisotopic (exact) mass is 342 g/mol. The molecule has 1 amide bonds. The van der Waals surface area contributed by atoms with Crippen LogP contribution in [0.5, 0.6) is 5.88 Å². The number of rotatable bonds is 5. The van der Waals surface area contributed by atoms with Gasteiger partial charge in [-0.3, -0.25) is 9.69 Å². The zero-order valence-electron chi connectivity index (χ0n) is 15.2.